The average molecular weight is 221 g/mol. The molecule has 1 saturated carbocycles. The minimum absolute atomic E-state index is 0.693. The minimum Gasteiger partial charge on any atom is -0.477 e. The topological polar surface area (TPSA) is 47.0 Å². The van der Waals surface area contributed by atoms with Gasteiger partial charge in [-0.2, -0.15) is 4.98 Å². The van der Waals surface area contributed by atoms with Crippen molar-refractivity contribution in [1.82, 2.24) is 9.97 Å². The Morgan fingerprint density at radius 1 is 1.44 bits per heavy atom. The molecule has 0 atom stereocenters. The largest absolute Gasteiger partial charge is 0.477 e. The van der Waals surface area contributed by atoms with Crippen molar-refractivity contribution >= 4 is 5.82 Å². The number of anilines is 1. The molecule has 4 nitrogen and oxygen atoms in total. The van der Waals surface area contributed by atoms with Crippen LogP contribution in [0, 0.1) is 12.8 Å². The quantitative estimate of drug-likeness (QED) is 0.801. The zero-order chi connectivity index (χ0) is 11.4. The van der Waals surface area contributed by atoms with Crippen LogP contribution in [-0.2, 0) is 0 Å². The van der Waals surface area contributed by atoms with Gasteiger partial charge in [-0.25, -0.2) is 4.98 Å². The molecule has 88 valence electrons. The first kappa shape index (κ1) is 11.2. The van der Waals surface area contributed by atoms with Crippen molar-refractivity contribution in [3.05, 3.63) is 11.9 Å². The van der Waals surface area contributed by atoms with Crippen LogP contribution in [0.5, 0.6) is 5.88 Å². The molecule has 1 aliphatic carbocycles. The second-order valence-corrected chi connectivity index (χ2v) is 4.32. The van der Waals surface area contributed by atoms with E-state index in [0.29, 0.717) is 5.88 Å². The molecule has 2 rings (SSSR count). The second kappa shape index (κ2) is 5.14. The van der Waals surface area contributed by atoms with E-state index in [1.807, 2.05) is 13.0 Å². The number of aryl methyl sites for hydroxylation is 1. The number of ether oxygens (including phenoxy) is 1. The van der Waals surface area contributed by atoms with Gasteiger partial charge in [0, 0.05) is 12.6 Å². The van der Waals surface area contributed by atoms with E-state index in [0.717, 1.165) is 37.1 Å². The summed E-state index contributed by atoms with van der Waals surface area (Å²) in [6, 6.07) is 1.88. The van der Waals surface area contributed by atoms with Crippen LogP contribution in [0.2, 0.25) is 0 Å². The standard InChI is InChI=1S/C12H19N3O/c1-3-6-13-11-7-12(15-9(2)14-11)16-8-10-4-5-10/h7,10H,3-6,8H2,1-2H3,(H,13,14,15). The van der Waals surface area contributed by atoms with Gasteiger partial charge in [0.15, 0.2) is 0 Å². The van der Waals surface area contributed by atoms with Gasteiger partial charge in [0.25, 0.3) is 0 Å². The van der Waals surface area contributed by atoms with Crippen molar-refractivity contribution in [2.24, 2.45) is 5.92 Å². The molecule has 1 aliphatic rings. The summed E-state index contributed by atoms with van der Waals surface area (Å²) >= 11 is 0. The highest BCUT2D eigenvalue weighted by atomic mass is 16.5. The van der Waals surface area contributed by atoms with Crippen molar-refractivity contribution in [3.63, 3.8) is 0 Å². The van der Waals surface area contributed by atoms with Crippen LogP contribution >= 0.6 is 0 Å². The number of nitrogens with one attached hydrogen (secondary N) is 1. The summed E-state index contributed by atoms with van der Waals surface area (Å²) in [7, 11) is 0. The molecule has 0 unspecified atom stereocenters. The molecule has 1 aromatic heterocycles. The number of rotatable bonds is 6. The fourth-order valence-electron chi connectivity index (χ4n) is 1.45. The molecule has 0 bridgehead atoms. The van der Waals surface area contributed by atoms with E-state index in [9.17, 15) is 0 Å². The number of hydrogen-bond acceptors (Lipinski definition) is 4. The van der Waals surface area contributed by atoms with E-state index in [-0.39, 0.29) is 0 Å². The Balaban J connectivity index is 1.96. The van der Waals surface area contributed by atoms with E-state index in [1.165, 1.54) is 12.8 Å². The van der Waals surface area contributed by atoms with Crippen molar-refractivity contribution < 1.29 is 4.74 Å². The van der Waals surface area contributed by atoms with Gasteiger partial charge in [-0.1, -0.05) is 6.92 Å². The van der Waals surface area contributed by atoms with E-state index in [2.05, 4.69) is 22.2 Å². The van der Waals surface area contributed by atoms with Gasteiger partial charge < -0.3 is 10.1 Å². The van der Waals surface area contributed by atoms with Gasteiger partial charge in [0.05, 0.1) is 6.61 Å². The summed E-state index contributed by atoms with van der Waals surface area (Å²) in [6.07, 6.45) is 3.68. The van der Waals surface area contributed by atoms with Crippen LogP contribution in [0.15, 0.2) is 6.07 Å². The summed E-state index contributed by atoms with van der Waals surface area (Å²) < 4.78 is 5.64. The predicted molar refractivity (Wildman–Crippen MR) is 63.8 cm³/mol. The van der Waals surface area contributed by atoms with Crippen LogP contribution in [0.25, 0.3) is 0 Å². The Kier molecular flexibility index (Phi) is 3.59. The molecule has 0 amide bonds. The maximum atomic E-state index is 5.64. The summed E-state index contributed by atoms with van der Waals surface area (Å²) in [5.41, 5.74) is 0. The molecule has 1 aromatic rings. The second-order valence-electron chi connectivity index (χ2n) is 4.32. The predicted octanol–water partition coefficient (Wildman–Crippen LogP) is 2.40. The Morgan fingerprint density at radius 2 is 2.25 bits per heavy atom. The van der Waals surface area contributed by atoms with Crippen molar-refractivity contribution in [1.29, 1.82) is 0 Å². The first-order chi connectivity index (χ1) is 7.78. The number of aromatic nitrogens is 2. The van der Waals surface area contributed by atoms with Gasteiger partial charge >= 0.3 is 0 Å². The fraction of sp³-hybridized carbons (Fsp3) is 0.667. The lowest BCUT2D eigenvalue weighted by atomic mass is 10.4. The third-order valence-corrected chi connectivity index (χ3v) is 2.53. The van der Waals surface area contributed by atoms with Crippen LogP contribution in [-0.4, -0.2) is 23.1 Å². The molecule has 0 aliphatic heterocycles. The normalized spacial score (nSPS) is 14.9. The molecular weight excluding hydrogens is 202 g/mol. The molecule has 1 fully saturated rings. The smallest absolute Gasteiger partial charge is 0.218 e. The molecule has 0 spiro atoms. The van der Waals surface area contributed by atoms with Crippen LogP contribution < -0.4 is 10.1 Å². The third kappa shape index (κ3) is 3.36. The van der Waals surface area contributed by atoms with Gasteiger partial charge in [-0.05, 0) is 32.1 Å². The molecule has 1 heterocycles. The Morgan fingerprint density at radius 3 is 2.94 bits per heavy atom. The molecule has 0 radical (unpaired) electrons. The lowest BCUT2D eigenvalue weighted by Crippen LogP contribution is -2.06. The molecule has 16 heavy (non-hydrogen) atoms. The molecule has 0 saturated heterocycles. The highest BCUT2D eigenvalue weighted by molar-refractivity contribution is 5.38. The average Bonchev–Trinajstić information content (AvgIpc) is 3.07. The number of hydrogen-bond donors (Lipinski definition) is 1. The van der Waals surface area contributed by atoms with Gasteiger partial charge in [-0.15, -0.1) is 0 Å². The summed E-state index contributed by atoms with van der Waals surface area (Å²) in [6.45, 7) is 5.74. The zero-order valence-corrected chi connectivity index (χ0v) is 9.99. The monoisotopic (exact) mass is 221 g/mol. The van der Waals surface area contributed by atoms with E-state index < -0.39 is 0 Å². The summed E-state index contributed by atoms with van der Waals surface area (Å²) in [4.78, 5) is 8.58. The Bertz CT molecular complexity index is 350. The minimum atomic E-state index is 0.693. The van der Waals surface area contributed by atoms with Crippen molar-refractivity contribution in [2.45, 2.75) is 33.1 Å². The van der Waals surface area contributed by atoms with E-state index >= 15 is 0 Å². The van der Waals surface area contributed by atoms with Crippen molar-refractivity contribution in [3.8, 4) is 5.88 Å². The Hall–Kier alpha value is -1.32. The highest BCUT2D eigenvalue weighted by Crippen LogP contribution is 2.29. The Labute approximate surface area is 96.4 Å². The van der Waals surface area contributed by atoms with Crippen LogP contribution in [0.3, 0.4) is 0 Å². The van der Waals surface area contributed by atoms with Gasteiger partial charge in [-0.3, -0.25) is 0 Å². The maximum absolute atomic E-state index is 5.64. The zero-order valence-electron chi connectivity index (χ0n) is 9.99. The van der Waals surface area contributed by atoms with Gasteiger partial charge in [0.2, 0.25) is 5.88 Å². The lowest BCUT2D eigenvalue weighted by Gasteiger charge is -2.08. The van der Waals surface area contributed by atoms with E-state index in [4.69, 9.17) is 4.74 Å². The fourth-order valence-corrected chi connectivity index (χ4v) is 1.45. The number of nitrogens with zero attached hydrogens (tertiary/aromatic N) is 2. The summed E-state index contributed by atoms with van der Waals surface area (Å²) in [5.74, 6) is 3.06. The SMILES string of the molecule is CCCNc1cc(OCC2CC2)nc(C)n1. The highest BCUT2D eigenvalue weighted by Gasteiger charge is 2.22. The lowest BCUT2D eigenvalue weighted by molar-refractivity contribution is 0.287. The first-order valence-corrected chi connectivity index (χ1v) is 6.00. The molecule has 1 N–H and O–H groups in total. The first-order valence-electron chi connectivity index (χ1n) is 6.00. The van der Waals surface area contributed by atoms with Crippen LogP contribution in [0.4, 0.5) is 5.82 Å². The summed E-state index contributed by atoms with van der Waals surface area (Å²) in [5, 5.41) is 3.25. The van der Waals surface area contributed by atoms with Crippen molar-refractivity contribution in [2.75, 3.05) is 18.5 Å². The molecule has 4 heteroatoms. The molecule has 0 aromatic carbocycles. The third-order valence-electron chi connectivity index (χ3n) is 2.53. The van der Waals surface area contributed by atoms with Gasteiger partial charge in [0.1, 0.15) is 11.6 Å². The molecular formula is C12H19N3O. The maximum Gasteiger partial charge on any atom is 0.218 e. The van der Waals surface area contributed by atoms with Crippen LogP contribution in [0.1, 0.15) is 32.0 Å². The van der Waals surface area contributed by atoms with E-state index in [1.54, 1.807) is 0 Å².